The number of methoxy groups -OCH3 is 1. The molecule has 6 nitrogen and oxygen atoms in total. The number of ether oxygens (including phenoxy) is 2. The van der Waals surface area contributed by atoms with E-state index in [9.17, 15) is 4.79 Å². The van der Waals surface area contributed by atoms with Gasteiger partial charge in [-0.1, -0.05) is 13.8 Å². The van der Waals surface area contributed by atoms with E-state index in [2.05, 4.69) is 36.6 Å². The minimum atomic E-state index is -0.284. The number of carbonyl (C=O) groups is 1. The summed E-state index contributed by atoms with van der Waals surface area (Å²) in [4.78, 5) is 20.2. The Bertz CT molecular complexity index is 1070. The Morgan fingerprint density at radius 1 is 1.28 bits per heavy atom. The van der Waals surface area contributed by atoms with Crippen LogP contribution in [0.25, 0.3) is 11.3 Å². The van der Waals surface area contributed by atoms with Crippen molar-refractivity contribution < 1.29 is 14.3 Å². The molecule has 0 bridgehead atoms. The topological polar surface area (TPSA) is 56.6 Å². The summed E-state index contributed by atoms with van der Waals surface area (Å²) in [7, 11) is 3.59. The number of benzene rings is 1. The standard InChI is InChI=1S/C26H35N3O3/c1-16(2)12-19-13-21-17(14-22(19)31-7)8-9-20-23(25(30)28(6)26(3,4)5)27-24(29(20)21)18-10-11-32-15-18/h10,13-14,16H,8-9,11-12,15H2,1-7H3. The van der Waals surface area contributed by atoms with Gasteiger partial charge in [0.2, 0.25) is 0 Å². The first-order chi connectivity index (χ1) is 15.1. The van der Waals surface area contributed by atoms with E-state index < -0.39 is 0 Å². The van der Waals surface area contributed by atoms with E-state index in [1.807, 2.05) is 27.8 Å². The largest absolute Gasteiger partial charge is 0.496 e. The predicted octanol–water partition coefficient (Wildman–Crippen LogP) is 4.46. The third kappa shape index (κ3) is 3.96. The number of aryl methyl sites for hydroxylation is 1. The number of rotatable bonds is 5. The zero-order valence-electron chi connectivity index (χ0n) is 20.4. The predicted molar refractivity (Wildman–Crippen MR) is 127 cm³/mol. The Labute approximate surface area is 191 Å². The zero-order chi connectivity index (χ0) is 23.2. The molecule has 6 heteroatoms. The minimum absolute atomic E-state index is 0.0358. The van der Waals surface area contributed by atoms with Crippen molar-refractivity contribution in [2.75, 3.05) is 27.4 Å². The number of hydrogen-bond donors (Lipinski definition) is 0. The highest BCUT2D eigenvalue weighted by Gasteiger charge is 2.33. The maximum absolute atomic E-state index is 13.5. The van der Waals surface area contributed by atoms with E-state index in [0.29, 0.717) is 24.8 Å². The normalized spacial score (nSPS) is 15.4. The molecule has 0 fully saturated rings. The Kier molecular flexibility index (Phi) is 5.93. The van der Waals surface area contributed by atoms with Crippen LogP contribution in [-0.2, 0) is 24.0 Å². The van der Waals surface area contributed by atoms with Gasteiger partial charge in [-0.25, -0.2) is 4.98 Å². The molecular formula is C26H35N3O3. The first kappa shape index (κ1) is 22.6. The first-order valence-electron chi connectivity index (χ1n) is 11.5. The molecule has 32 heavy (non-hydrogen) atoms. The maximum atomic E-state index is 13.5. The number of fused-ring (bicyclic) bond motifs is 3. The summed E-state index contributed by atoms with van der Waals surface area (Å²) in [5, 5.41) is 0. The van der Waals surface area contributed by atoms with Crippen LogP contribution in [0.1, 0.15) is 67.8 Å². The molecular weight excluding hydrogens is 402 g/mol. The van der Waals surface area contributed by atoms with Crippen molar-refractivity contribution in [2.45, 2.75) is 59.4 Å². The number of imidazole rings is 1. The number of hydrogen-bond acceptors (Lipinski definition) is 4. The quantitative estimate of drug-likeness (QED) is 0.693. The van der Waals surface area contributed by atoms with Gasteiger partial charge in [-0.05, 0) is 75.3 Å². The van der Waals surface area contributed by atoms with E-state index in [1.54, 1.807) is 12.0 Å². The lowest BCUT2D eigenvalue weighted by Gasteiger charge is -2.32. The second-order valence-electron chi connectivity index (χ2n) is 10.2. The Hall–Kier alpha value is -2.60. The monoisotopic (exact) mass is 437 g/mol. The second-order valence-corrected chi connectivity index (χ2v) is 10.2. The zero-order valence-corrected chi connectivity index (χ0v) is 20.4. The van der Waals surface area contributed by atoms with E-state index in [1.165, 1.54) is 11.1 Å². The van der Waals surface area contributed by atoms with Crippen molar-refractivity contribution in [1.82, 2.24) is 14.5 Å². The third-order valence-electron chi connectivity index (χ3n) is 6.46. The van der Waals surface area contributed by atoms with Crippen LogP contribution in [0, 0.1) is 5.92 Å². The van der Waals surface area contributed by atoms with Crippen molar-refractivity contribution in [3.8, 4) is 11.4 Å². The SMILES string of the molecule is COc1cc2c(cc1CC(C)C)-n1c(C3=CCOC3)nc(C(=O)N(C)C(C)(C)C)c1CC2. The highest BCUT2D eigenvalue weighted by atomic mass is 16.5. The van der Waals surface area contributed by atoms with Gasteiger partial charge < -0.3 is 14.4 Å². The van der Waals surface area contributed by atoms with Crippen molar-refractivity contribution in [1.29, 1.82) is 0 Å². The van der Waals surface area contributed by atoms with Crippen molar-refractivity contribution >= 4 is 11.5 Å². The van der Waals surface area contributed by atoms with Crippen LogP contribution in [0.5, 0.6) is 5.75 Å². The summed E-state index contributed by atoms with van der Waals surface area (Å²) in [6.07, 6.45) is 4.62. The van der Waals surface area contributed by atoms with Gasteiger partial charge in [0.1, 0.15) is 11.6 Å². The molecule has 1 aromatic carbocycles. The fraction of sp³-hybridized carbons (Fsp3) is 0.538. The van der Waals surface area contributed by atoms with Gasteiger partial charge in [-0.2, -0.15) is 0 Å². The number of carbonyl (C=O) groups excluding carboxylic acids is 1. The van der Waals surface area contributed by atoms with Gasteiger partial charge >= 0.3 is 0 Å². The molecule has 0 radical (unpaired) electrons. The highest BCUT2D eigenvalue weighted by Crippen LogP contribution is 2.37. The molecule has 0 atom stereocenters. The van der Waals surface area contributed by atoms with Crippen LogP contribution >= 0.6 is 0 Å². The third-order valence-corrected chi connectivity index (χ3v) is 6.46. The molecule has 0 saturated heterocycles. The molecule has 172 valence electrons. The Morgan fingerprint density at radius 3 is 2.62 bits per heavy atom. The molecule has 2 aliphatic heterocycles. The Balaban J connectivity index is 1.92. The number of nitrogens with zero attached hydrogens (tertiary/aromatic N) is 3. The first-order valence-corrected chi connectivity index (χ1v) is 11.5. The molecule has 0 saturated carbocycles. The summed E-state index contributed by atoms with van der Waals surface area (Å²) in [5.41, 5.74) is 5.81. The number of aromatic nitrogens is 2. The Morgan fingerprint density at radius 2 is 2.03 bits per heavy atom. The van der Waals surface area contributed by atoms with Crippen LogP contribution in [0.15, 0.2) is 18.2 Å². The van der Waals surface area contributed by atoms with Crippen molar-refractivity contribution in [3.05, 3.63) is 46.5 Å². The van der Waals surface area contributed by atoms with Crippen LogP contribution in [0.3, 0.4) is 0 Å². The summed E-state index contributed by atoms with van der Waals surface area (Å²) in [6, 6.07) is 4.40. The molecule has 1 amide bonds. The minimum Gasteiger partial charge on any atom is -0.496 e. The second kappa shape index (κ2) is 8.39. The van der Waals surface area contributed by atoms with Gasteiger partial charge in [0, 0.05) is 18.2 Å². The lowest BCUT2D eigenvalue weighted by atomic mass is 9.94. The molecule has 0 unspecified atom stereocenters. The fourth-order valence-electron chi connectivity index (χ4n) is 4.44. The molecule has 2 aromatic rings. The lowest BCUT2D eigenvalue weighted by Crippen LogP contribution is -2.43. The maximum Gasteiger partial charge on any atom is 0.274 e. The van der Waals surface area contributed by atoms with Gasteiger partial charge in [0.15, 0.2) is 5.69 Å². The van der Waals surface area contributed by atoms with Gasteiger partial charge in [0.25, 0.3) is 5.91 Å². The van der Waals surface area contributed by atoms with E-state index in [4.69, 9.17) is 14.5 Å². The highest BCUT2D eigenvalue weighted by molar-refractivity contribution is 5.95. The lowest BCUT2D eigenvalue weighted by molar-refractivity contribution is 0.0649. The molecule has 3 heterocycles. The molecule has 0 spiro atoms. The summed E-state index contributed by atoms with van der Waals surface area (Å²) in [6.45, 7) is 11.7. The molecule has 1 aromatic heterocycles. The average Bonchev–Trinajstić information content (AvgIpc) is 3.38. The molecule has 2 aliphatic rings. The summed E-state index contributed by atoms with van der Waals surface area (Å²) in [5.74, 6) is 2.24. The molecule has 4 rings (SSSR count). The molecule has 0 N–H and O–H groups in total. The van der Waals surface area contributed by atoms with Crippen LogP contribution in [0.2, 0.25) is 0 Å². The molecule has 0 aliphatic carbocycles. The van der Waals surface area contributed by atoms with Gasteiger partial charge in [-0.15, -0.1) is 0 Å². The van der Waals surface area contributed by atoms with E-state index >= 15 is 0 Å². The van der Waals surface area contributed by atoms with Gasteiger partial charge in [0.05, 0.1) is 31.7 Å². The van der Waals surface area contributed by atoms with Crippen LogP contribution in [-0.4, -0.2) is 53.3 Å². The van der Waals surface area contributed by atoms with Crippen LogP contribution < -0.4 is 4.74 Å². The average molecular weight is 438 g/mol. The van der Waals surface area contributed by atoms with Crippen LogP contribution in [0.4, 0.5) is 0 Å². The van der Waals surface area contributed by atoms with E-state index in [-0.39, 0.29) is 11.4 Å². The summed E-state index contributed by atoms with van der Waals surface area (Å²) >= 11 is 0. The van der Waals surface area contributed by atoms with Gasteiger partial charge in [-0.3, -0.25) is 9.36 Å². The van der Waals surface area contributed by atoms with E-state index in [0.717, 1.165) is 47.8 Å². The smallest absolute Gasteiger partial charge is 0.274 e. The number of amides is 1. The van der Waals surface area contributed by atoms with Crippen molar-refractivity contribution in [3.63, 3.8) is 0 Å². The fourth-order valence-corrected chi connectivity index (χ4v) is 4.44. The summed E-state index contributed by atoms with van der Waals surface area (Å²) < 4.78 is 13.5. The van der Waals surface area contributed by atoms with Crippen molar-refractivity contribution in [2.24, 2.45) is 5.92 Å².